The fraction of sp³-hybridized carbons (Fsp3) is 0.0400. The summed E-state index contributed by atoms with van der Waals surface area (Å²) < 4.78 is 18.7. The maximum Gasteiger partial charge on any atom is 0.339 e. The van der Waals surface area contributed by atoms with E-state index in [2.05, 4.69) is 5.32 Å². The number of carbonyl (C=O) groups excluding carboxylic acids is 2. The van der Waals surface area contributed by atoms with Crippen LogP contribution in [0.15, 0.2) is 97.1 Å². The van der Waals surface area contributed by atoms with Crippen molar-refractivity contribution in [3.8, 4) is 0 Å². The number of hydrogen-bond donors (Lipinski definition) is 1. The van der Waals surface area contributed by atoms with Crippen LogP contribution in [0.1, 0.15) is 22.0 Å². The molecule has 30 heavy (non-hydrogen) atoms. The van der Waals surface area contributed by atoms with E-state index in [1.165, 1.54) is 24.3 Å². The molecule has 4 nitrogen and oxygen atoms in total. The van der Waals surface area contributed by atoms with Gasteiger partial charge in [-0.3, -0.25) is 4.79 Å². The SMILES string of the molecule is O=C(OC(C(=O)Nc1ccc(F)cc1)c1ccccc1)c1ccc2ccccc2c1. The molecular weight excluding hydrogens is 381 g/mol. The number of rotatable bonds is 5. The van der Waals surface area contributed by atoms with Crippen LogP contribution < -0.4 is 5.32 Å². The largest absolute Gasteiger partial charge is 0.444 e. The van der Waals surface area contributed by atoms with Crippen molar-refractivity contribution in [2.45, 2.75) is 6.10 Å². The third-order valence-electron chi connectivity index (χ3n) is 4.66. The third kappa shape index (κ3) is 4.36. The Bertz CT molecular complexity index is 1190. The summed E-state index contributed by atoms with van der Waals surface area (Å²) in [6.07, 6.45) is -1.16. The van der Waals surface area contributed by atoms with Crippen LogP contribution in [-0.2, 0) is 9.53 Å². The minimum absolute atomic E-state index is 0.351. The summed E-state index contributed by atoms with van der Waals surface area (Å²) in [4.78, 5) is 25.7. The van der Waals surface area contributed by atoms with E-state index in [-0.39, 0.29) is 0 Å². The lowest BCUT2D eigenvalue weighted by molar-refractivity contribution is -0.125. The van der Waals surface area contributed by atoms with Crippen LogP contribution in [0.25, 0.3) is 10.8 Å². The number of ether oxygens (including phenoxy) is 1. The first-order valence-corrected chi connectivity index (χ1v) is 9.41. The van der Waals surface area contributed by atoms with Crippen LogP contribution >= 0.6 is 0 Å². The van der Waals surface area contributed by atoms with Gasteiger partial charge in [-0.05, 0) is 47.2 Å². The molecular formula is C25H18FNO3. The molecule has 0 saturated carbocycles. The van der Waals surface area contributed by atoms with Gasteiger partial charge in [-0.15, -0.1) is 0 Å². The molecule has 4 rings (SSSR count). The third-order valence-corrected chi connectivity index (χ3v) is 4.66. The molecule has 0 heterocycles. The van der Waals surface area contributed by atoms with Gasteiger partial charge < -0.3 is 10.1 Å². The van der Waals surface area contributed by atoms with Crippen molar-refractivity contribution in [2.24, 2.45) is 0 Å². The fourth-order valence-electron chi connectivity index (χ4n) is 3.13. The molecule has 1 atom stereocenters. The van der Waals surface area contributed by atoms with Crippen molar-refractivity contribution in [1.82, 2.24) is 0 Å². The molecule has 0 aliphatic heterocycles. The van der Waals surface area contributed by atoms with Crippen LogP contribution in [0, 0.1) is 5.82 Å². The Kier molecular flexibility index (Phi) is 5.52. The van der Waals surface area contributed by atoms with E-state index in [1.54, 1.807) is 36.4 Å². The second-order valence-electron chi connectivity index (χ2n) is 6.75. The minimum atomic E-state index is -1.16. The lowest BCUT2D eigenvalue weighted by atomic mass is 10.1. The van der Waals surface area contributed by atoms with Gasteiger partial charge in [0.05, 0.1) is 5.56 Å². The van der Waals surface area contributed by atoms with Crippen molar-refractivity contribution in [2.75, 3.05) is 5.32 Å². The summed E-state index contributed by atoms with van der Waals surface area (Å²) in [5, 5.41) is 4.58. The second-order valence-corrected chi connectivity index (χ2v) is 6.75. The van der Waals surface area contributed by atoms with E-state index in [0.717, 1.165) is 10.8 Å². The van der Waals surface area contributed by atoms with E-state index in [1.807, 2.05) is 36.4 Å². The number of benzene rings is 4. The van der Waals surface area contributed by atoms with Crippen molar-refractivity contribution in [3.05, 3.63) is 114 Å². The molecule has 0 saturated heterocycles. The monoisotopic (exact) mass is 399 g/mol. The molecule has 1 N–H and O–H groups in total. The van der Waals surface area contributed by atoms with Gasteiger partial charge in [-0.2, -0.15) is 0 Å². The highest BCUT2D eigenvalue weighted by atomic mass is 19.1. The summed E-state index contributed by atoms with van der Waals surface area (Å²) >= 11 is 0. The van der Waals surface area contributed by atoms with E-state index in [0.29, 0.717) is 16.8 Å². The highest BCUT2D eigenvalue weighted by Gasteiger charge is 2.26. The first-order chi connectivity index (χ1) is 14.6. The van der Waals surface area contributed by atoms with E-state index >= 15 is 0 Å². The number of hydrogen-bond acceptors (Lipinski definition) is 3. The van der Waals surface area contributed by atoms with E-state index in [9.17, 15) is 14.0 Å². The van der Waals surface area contributed by atoms with Gasteiger partial charge in [0.2, 0.25) is 6.10 Å². The van der Waals surface area contributed by atoms with Crippen LogP contribution in [0.5, 0.6) is 0 Å². The topological polar surface area (TPSA) is 55.4 Å². The van der Waals surface area contributed by atoms with Crippen molar-refractivity contribution < 1.29 is 18.7 Å². The van der Waals surface area contributed by atoms with Gasteiger partial charge >= 0.3 is 5.97 Å². The normalized spacial score (nSPS) is 11.6. The lowest BCUT2D eigenvalue weighted by Gasteiger charge is -2.18. The maximum absolute atomic E-state index is 13.1. The van der Waals surface area contributed by atoms with E-state index < -0.39 is 23.8 Å². The molecule has 5 heteroatoms. The number of halogens is 1. The van der Waals surface area contributed by atoms with Crippen molar-refractivity contribution >= 4 is 28.3 Å². The number of esters is 1. The Labute approximate surface area is 172 Å². The van der Waals surface area contributed by atoms with Gasteiger partial charge in [0, 0.05) is 11.3 Å². The summed E-state index contributed by atoms with van der Waals surface area (Å²) in [6.45, 7) is 0. The molecule has 148 valence electrons. The number of amides is 1. The predicted octanol–water partition coefficient (Wildman–Crippen LogP) is 5.52. The Morgan fingerprint density at radius 1 is 0.767 bits per heavy atom. The van der Waals surface area contributed by atoms with Crippen LogP contribution in [0.3, 0.4) is 0 Å². The molecule has 4 aromatic rings. The Hall–Kier alpha value is -3.99. The first kappa shape index (κ1) is 19.3. The van der Waals surface area contributed by atoms with Crippen LogP contribution in [0.4, 0.5) is 10.1 Å². The average molecular weight is 399 g/mol. The Morgan fingerprint density at radius 2 is 1.43 bits per heavy atom. The van der Waals surface area contributed by atoms with Gasteiger partial charge in [-0.25, -0.2) is 9.18 Å². The fourth-order valence-corrected chi connectivity index (χ4v) is 3.13. The number of carbonyl (C=O) groups is 2. The van der Waals surface area contributed by atoms with Crippen molar-refractivity contribution in [1.29, 1.82) is 0 Å². The highest BCUT2D eigenvalue weighted by molar-refractivity contribution is 5.99. The Morgan fingerprint density at radius 3 is 2.17 bits per heavy atom. The second kappa shape index (κ2) is 8.57. The summed E-state index contributed by atoms with van der Waals surface area (Å²) in [6, 6.07) is 27.0. The summed E-state index contributed by atoms with van der Waals surface area (Å²) in [7, 11) is 0. The highest BCUT2D eigenvalue weighted by Crippen LogP contribution is 2.23. The maximum atomic E-state index is 13.1. The molecule has 1 unspecified atom stereocenters. The molecule has 4 aromatic carbocycles. The van der Waals surface area contributed by atoms with Crippen LogP contribution in [0.2, 0.25) is 0 Å². The molecule has 0 spiro atoms. The first-order valence-electron chi connectivity index (χ1n) is 9.41. The molecule has 0 aliphatic carbocycles. The lowest BCUT2D eigenvalue weighted by Crippen LogP contribution is -2.26. The molecule has 1 amide bonds. The van der Waals surface area contributed by atoms with E-state index in [4.69, 9.17) is 4.74 Å². The minimum Gasteiger partial charge on any atom is -0.444 e. The zero-order valence-corrected chi connectivity index (χ0v) is 15.9. The molecule has 0 aliphatic rings. The predicted molar refractivity (Wildman–Crippen MR) is 114 cm³/mol. The standard InChI is InChI=1S/C25H18FNO3/c26-21-12-14-22(15-13-21)27-24(28)23(18-7-2-1-3-8-18)30-25(29)20-11-10-17-6-4-5-9-19(17)16-20/h1-16,23H,(H,27,28). The number of nitrogens with one attached hydrogen (secondary N) is 1. The molecule has 0 bridgehead atoms. The van der Waals surface area contributed by atoms with Gasteiger partial charge in [-0.1, -0.05) is 60.7 Å². The number of fused-ring (bicyclic) bond motifs is 1. The smallest absolute Gasteiger partial charge is 0.339 e. The molecule has 0 aromatic heterocycles. The summed E-state index contributed by atoms with van der Waals surface area (Å²) in [5.74, 6) is -1.54. The van der Waals surface area contributed by atoms with Crippen molar-refractivity contribution in [3.63, 3.8) is 0 Å². The van der Waals surface area contributed by atoms with Gasteiger partial charge in [0.25, 0.3) is 5.91 Å². The zero-order valence-electron chi connectivity index (χ0n) is 15.9. The zero-order chi connectivity index (χ0) is 20.9. The molecule has 0 radical (unpaired) electrons. The molecule has 0 fully saturated rings. The van der Waals surface area contributed by atoms with Gasteiger partial charge in [0.15, 0.2) is 0 Å². The van der Waals surface area contributed by atoms with Gasteiger partial charge in [0.1, 0.15) is 5.82 Å². The average Bonchev–Trinajstić information content (AvgIpc) is 2.79. The number of anilines is 1. The van der Waals surface area contributed by atoms with Crippen LogP contribution in [-0.4, -0.2) is 11.9 Å². The Balaban J connectivity index is 1.59. The summed E-state index contributed by atoms with van der Waals surface area (Å²) in [5.41, 5.74) is 1.29. The quantitative estimate of drug-likeness (QED) is 0.450.